The van der Waals surface area contributed by atoms with Gasteiger partial charge < -0.3 is 20.0 Å². The van der Waals surface area contributed by atoms with Crippen molar-refractivity contribution < 1.29 is 8.81 Å². The molecule has 0 saturated carbocycles. The van der Waals surface area contributed by atoms with Crippen LogP contribution in [0.1, 0.15) is 32.4 Å². The molecule has 28 heavy (non-hydrogen) atoms. The standard InChI is InChI=1S/C21H30FN5O/c1-15(2)27-12-9-18(10-13-27)26-21(23-3)24-11-8-19-14-28-20(25-19)16-4-6-17(22)7-5-16/h4-7,14-15,18H,8-13H2,1-3H3,(H2,23,24,26). The molecule has 0 spiro atoms. The van der Waals surface area contributed by atoms with Gasteiger partial charge in [-0.05, 0) is 51.0 Å². The van der Waals surface area contributed by atoms with Gasteiger partial charge in [0.15, 0.2) is 5.96 Å². The summed E-state index contributed by atoms with van der Waals surface area (Å²) >= 11 is 0. The van der Waals surface area contributed by atoms with E-state index in [1.54, 1.807) is 25.4 Å². The number of nitrogens with one attached hydrogen (secondary N) is 2. The highest BCUT2D eigenvalue weighted by Gasteiger charge is 2.21. The fraction of sp³-hybridized carbons (Fsp3) is 0.524. The van der Waals surface area contributed by atoms with E-state index in [4.69, 9.17) is 4.42 Å². The topological polar surface area (TPSA) is 65.7 Å². The fourth-order valence-corrected chi connectivity index (χ4v) is 3.40. The molecule has 1 aromatic heterocycles. The zero-order valence-corrected chi connectivity index (χ0v) is 16.9. The summed E-state index contributed by atoms with van der Waals surface area (Å²) in [7, 11) is 1.79. The number of rotatable bonds is 6. The van der Waals surface area contributed by atoms with Crippen LogP contribution in [0.2, 0.25) is 0 Å². The van der Waals surface area contributed by atoms with E-state index in [9.17, 15) is 4.39 Å². The normalized spacial score (nSPS) is 16.5. The molecule has 0 aliphatic carbocycles. The Morgan fingerprint density at radius 3 is 2.64 bits per heavy atom. The molecule has 2 N–H and O–H groups in total. The number of aromatic nitrogens is 1. The Balaban J connectivity index is 1.43. The summed E-state index contributed by atoms with van der Waals surface area (Å²) in [5, 5.41) is 6.87. The van der Waals surface area contributed by atoms with E-state index in [2.05, 4.69) is 39.4 Å². The third-order valence-corrected chi connectivity index (χ3v) is 5.14. The second-order valence-corrected chi connectivity index (χ2v) is 7.45. The van der Waals surface area contributed by atoms with Gasteiger partial charge in [0, 0.05) is 50.7 Å². The van der Waals surface area contributed by atoms with Crippen molar-refractivity contribution in [2.24, 2.45) is 4.99 Å². The van der Waals surface area contributed by atoms with Gasteiger partial charge in [-0.3, -0.25) is 4.99 Å². The highest BCUT2D eigenvalue weighted by Crippen LogP contribution is 2.19. The molecule has 0 atom stereocenters. The van der Waals surface area contributed by atoms with Crippen molar-refractivity contribution in [3.8, 4) is 11.5 Å². The minimum absolute atomic E-state index is 0.270. The monoisotopic (exact) mass is 387 g/mol. The molecular weight excluding hydrogens is 357 g/mol. The smallest absolute Gasteiger partial charge is 0.226 e. The van der Waals surface area contributed by atoms with E-state index in [-0.39, 0.29) is 5.82 Å². The quantitative estimate of drug-likeness (QED) is 0.589. The van der Waals surface area contributed by atoms with Crippen molar-refractivity contribution >= 4 is 5.96 Å². The van der Waals surface area contributed by atoms with E-state index >= 15 is 0 Å². The van der Waals surface area contributed by atoms with Gasteiger partial charge in [0.1, 0.15) is 12.1 Å². The molecule has 2 aromatic rings. The number of guanidine groups is 1. The zero-order chi connectivity index (χ0) is 19.9. The van der Waals surface area contributed by atoms with Crippen LogP contribution in [0, 0.1) is 5.82 Å². The van der Waals surface area contributed by atoms with Gasteiger partial charge in [-0.1, -0.05) is 0 Å². The summed E-state index contributed by atoms with van der Waals surface area (Å²) < 4.78 is 18.5. The predicted molar refractivity (Wildman–Crippen MR) is 110 cm³/mol. The van der Waals surface area contributed by atoms with Crippen LogP contribution in [0.15, 0.2) is 39.9 Å². The average molecular weight is 388 g/mol. The van der Waals surface area contributed by atoms with Crippen LogP contribution in [0.3, 0.4) is 0 Å². The number of aliphatic imine (C=N–C) groups is 1. The maximum absolute atomic E-state index is 13.0. The molecule has 152 valence electrons. The number of piperidine rings is 1. The van der Waals surface area contributed by atoms with Crippen molar-refractivity contribution in [2.75, 3.05) is 26.7 Å². The van der Waals surface area contributed by atoms with Crippen molar-refractivity contribution in [1.29, 1.82) is 0 Å². The summed E-state index contributed by atoms with van der Waals surface area (Å²) in [4.78, 5) is 11.3. The Kier molecular flexibility index (Phi) is 7.03. The van der Waals surface area contributed by atoms with Gasteiger partial charge in [-0.25, -0.2) is 9.37 Å². The van der Waals surface area contributed by atoms with Gasteiger partial charge >= 0.3 is 0 Å². The molecule has 1 fully saturated rings. The lowest BCUT2D eigenvalue weighted by Crippen LogP contribution is -2.50. The van der Waals surface area contributed by atoms with E-state index < -0.39 is 0 Å². The van der Waals surface area contributed by atoms with Crippen LogP contribution in [0.25, 0.3) is 11.5 Å². The first-order valence-electron chi connectivity index (χ1n) is 9.96. The van der Waals surface area contributed by atoms with Crippen molar-refractivity contribution in [3.05, 3.63) is 42.0 Å². The molecule has 1 aromatic carbocycles. The van der Waals surface area contributed by atoms with Gasteiger partial charge in [0.05, 0.1) is 5.69 Å². The zero-order valence-electron chi connectivity index (χ0n) is 16.9. The van der Waals surface area contributed by atoms with Crippen LogP contribution in [0.4, 0.5) is 4.39 Å². The van der Waals surface area contributed by atoms with Gasteiger partial charge in [-0.15, -0.1) is 0 Å². The molecule has 3 rings (SSSR count). The van der Waals surface area contributed by atoms with Crippen molar-refractivity contribution in [1.82, 2.24) is 20.5 Å². The third kappa shape index (κ3) is 5.55. The van der Waals surface area contributed by atoms with Gasteiger partial charge in [0.25, 0.3) is 0 Å². The SMILES string of the molecule is CN=C(NCCc1coc(-c2ccc(F)cc2)n1)NC1CCN(C(C)C)CC1. The lowest BCUT2D eigenvalue weighted by atomic mass is 10.0. The lowest BCUT2D eigenvalue weighted by Gasteiger charge is -2.35. The number of hydrogen-bond acceptors (Lipinski definition) is 4. The highest BCUT2D eigenvalue weighted by molar-refractivity contribution is 5.79. The van der Waals surface area contributed by atoms with Crippen LogP contribution in [0.5, 0.6) is 0 Å². The Morgan fingerprint density at radius 1 is 1.29 bits per heavy atom. The van der Waals surface area contributed by atoms with Crippen LogP contribution >= 0.6 is 0 Å². The molecule has 1 saturated heterocycles. The van der Waals surface area contributed by atoms with E-state index in [0.717, 1.165) is 49.6 Å². The molecular formula is C21H30FN5O. The summed E-state index contributed by atoms with van der Waals surface area (Å²) in [6.45, 7) is 7.45. The largest absolute Gasteiger partial charge is 0.444 e. The lowest BCUT2D eigenvalue weighted by molar-refractivity contribution is 0.167. The number of benzene rings is 1. The Bertz CT molecular complexity index is 763. The molecule has 6 nitrogen and oxygen atoms in total. The van der Waals surface area contributed by atoms with Gasteiger partial charge in [0.2, 0.25) is 5.89 Å². The minimum Gasteiger partial charge on any atom is -0.444 e. The summed E-state index contributed by atoms with van der Waals surface area (Å²) in [5.41, 5.74) is 1.62. The number of hydrogen-bond donors (Lipinski definition) is 2. The number of halogens is 1. The average Bonchev–Trinajstić information content (AvgIpc) is 3.17. The van der Waals surface area contributed by atoms with Crippen LogP contribution in [-0.4, -0.2) is 54.6 Å². The molecule has 1 aliphatic rings. The Labute approximate surface area is 166 Å². The third-order valence-electron chi connectivity index (χ3n) is 5.14. The van der Waals surface area contributed by atoms with Crippen LogP contribution < -0.4 is 10.6 Å². The predicted octanol–water partition coefficient (Wildman–Crippen LogP) is 3.06. The fourth-order valence-electron chi connectivity index (χ4n) is 3.40. The molecule has 0 radical (unpaired) electrons. The summed E-state index contributed by atoms with van der Waals surface area (Å²) in [5.74, 6) is 1.06. The molecule has 0 unspecified atom stereocenters. The number of likely N-dealkylation sites (tertiary alicyclic amines) is 1. The van der Waals surface area contributed by atoms with E-state index in [1.165, 1.54) is 12.1 Å². The first-order chi connectivity index (χ1) is 13.5. The Morgan fingerprint density at radius 2 is 2.00 bits per heavy atom. The van der Waals surface area contributed by atoms with Crippen molar-refractivity contribution in [2.45, 2.75) is 45.2 Å². The van der Waals surface area contributed by atoms with Crippen molar-refractivity contribution in [3.63, 3.8) is 0 Å². The highest BCUT2D eigenvalue weighted by atomic mass is 19.1. The van der Waals surface area contributed by atoms with Gasteiger partial charge in [-0.2, -0.15) is 0 Å². The molecule has 7 heteroatoms. The molecule has 0 amide bonds. The number of oxazole rings is 1. The second kappa shape index (κ2) is 9.68. The first kappa shape index (κ1) is 20.3. The first-order valence-corrected chi connectivity index (χ1v) is 9.96. The van der Waals surface area contributed by atoms with E-state index in [0.29, 0.717) is 24.5 Å². The second-order valence-electron chi connectivity index (χ2n) is 7.45. The summed E-state index contributed by atoms with van der Waals surface area (Å²) in [6.07, 6.45) is 4.63. The molecule has 1 aliphatic heterocycles. The maximum Gasteiger partial charge on any atom is 0.226 e. The minimum atomic E-state index is -0.270. The van der Waals surface area contributed by atoms with Crippen LogP contribution in [-0.2, 0) is 6.42 Å². The molecule has 0 bridgehead atoms. The van der Waals surface area contributed by atoms with E-state index in [1.807, 2.05) is 0 Å². The molecule has 2 heterocycles. The Hall–Kier alpha value is -2.41. The number of nitrogens with zero attached hydrogens (tertiary/aromatic N) is 3. The summed E-state index contributed by atoms with van der Waals surface area (Å²) in [6, 6.07) is 7.21. The maximum atomic E-state index is 13.0.